The van der Waals surface area contributed by atoms with Gasteiger partial charge in [-0.2, -0.15) is 18.3 Å². The maximum Gasteiger partial charge on any atom is 0.417 e. The van der Waals surface area contributed by atoms with Gasteiger partial charge in [0.15, 0.2) is 5.82 Å². The van der Waals surface area contributed by atoms with E-state index in [1.54, 1.807) is 4.68 Å². The van der Waals surface area contributed by atoms with E-state index in [0.717, 1.165) is 18.1 Å². The van der Waals surface area contributed by atoms with Crippen molar-refractivity contribution in [3.63, 3.8) is 0 Å². The predicted octanol–water partition coefficient (Wildman–Crippen LogP) is 3.03. The molecule has 4 saturated carbocycles. The third-order valence-corrected chi connectivity index (χ3v) is 5.85. The van der Waals surface area contributed by atoms with Crippen LogP contribution >= 0.6 is 0 Å². The molecular weight excluding hydrogens is 333 g/mol. The average Bonchev–Trinajstić information content (AvgIpc) is 3.14. The number of rotatable bonds is 3. The van der Waals surface area contributed by atoms with Crippen LogP contribution in [0.3, 0.4) is 0 Å². The van der Waals surface area contributed by atoms with Gasteiger partial charge in [0.1, 0.15) is 11.6 Å². The molecule has 25 heavy (non-hydrogen) atoms. The molecule has 0 aromatic carbocycles. The fourth-order valence-corrected chi connectivity index (χ4v) is 4.67. The van der Waals surface area contributed by atoms with Crippen LogP contribution in [0.4, 0.5) is 13.2 Å². The molecule has 0 amide bonds. The number of carbonyl (C=O) groups excluding carboxylic acids is 1. The topological polar surface area (TPSA) is 60.7 Å². The zero-order valence-corrected chi connectivity index (χ0v) is 13.6. The Labute approximate surface area is 141 Å². The second-order valence-electron chi connectivity index (χ2n) is 7.47. The second kappa shape index (κ2) is 4.28. The maximum atomic E-state index is 12.9. The molecule has 4 fully saturated rings. The minimum absolute atomic E-state index is 0.0146. The van der Waals surface area contributed by atoms with Gasteiger partial charge in [-0.15, -0.1) is 0 Å². The molecule has 0 N–H and O–H groups in total. The molecular formula is C17H15F3N4O. The Balaban J connectivity index is 1.59. The first kappa shape index (κ1) is 15.0. The van der Waals surface area contributed by atoms with Gasteiger partial charge in [-0.25, -0.2) is 9.67 Å². The van der Waals surface area contributed by atoms with Crippen LogP contribution in [0.15, 0.2) is 18.5 Å². The van der Waals surface area contributed by atoms with Crippen molar-refractivity contribution in [1.29, 1.82) is 0 Å². The quantitative estimate of drug-likeness (QED) is 0.855. The van der Waals surface area contributed by atoms with Crippen molar-refractivity contribution in [2.45, 2.75) is 37.9 Å². The first-order valence-electron chi connectivity index (χ1n) is 8.28. The van der Waals surface area contributed by atoms with Gasteiger partial charge in [-0.1, -0.05) is 0 Å². The Bertz CT molecular complexity index is 913. The summed E-state index contributed by atoms with van der Waals surface area (Å²) in [6.45, 7) is 3.90. The molecule has 4 aliphatic rings. The smallest absolute Gasteiger partial charge is 0.299 e. The summed E-state index contributed by atoms with van der Waals surface area (Å²) in [5.41, 5.74) is -0.776. The van der Waals surface area contributed by atoms with Crippen molar-refractivity contribution in [3.05, 3.63) is 29.8 Å². The van der Waals surface area contributed by atoms with E-state index in [9.17, 15) is 18.0 Å². The summed E-state index contributed by atoms with van der Waals surface area (Å²) in [4.78, 5) is 20.2. The van der Waals surface area contributed by atoms with Gasteiger partial charge in [-0.05, 0) is 31.7 Å². The largest absolute Gasteiger partial charge is 0.417 e. The highest BCUT2D eigenvalue weighted by molar-refractivity contribution is 5.97. The van der Waals surface area contributed by atoms with Gasteiger partial charge in [0, 0.05) is 41.8 Å². The zero-order valence-electron chi connectivity index (χ0n) is 13.6. The van der Waals surface area contributed by atoms with Gasteiger partial charge >= 0.3 is 6.18 Å². The van der Waals surface area contributed by atoms with E-state index in [0.29, 0.717) is 18.3 Å². The lowest BCUT2D eigenvalue weighted by molar-refractivity contribution is -0.137. The molecule has 6 rings (SSSR count). The van der Waals surface area contributed by atoms with Gasteiger partial charge in [0.05, 0.1) is 5.56 Å². The van der Waals surface area contributed by atoms with Crippen LogP contribution in [-0.4, -0.2) is 25.5 Å². The Morgan fingerprint density at radius 1 is 1.32 bits per heavy atom. The molecule has 2 aromatic rings. The summed E-state index contributed by atoms with van der Waals surface area (Å²) < 4.78 is 40.6. The van der Waals surface area contributed by atoms with E-state index >= 15 is 0 Å². The number of pyridine rings is 1. The number of fused-ring (bicyclic) bond motifs is 1. The van der Waals surface area contributed by atoms with Gasteiger partial charge in [-0.3, -0.25) is 9.78 Å². The first-order chi connectivity index (χ1) is 11.8. The van der Waals surface area contributed by atoms with E-state index < -0.39 is 11.7 Å². The van der Waals surface area contributed by atoms with Crippen molar-refractivity contribution >= 4 is 5.78 Å². The minimum Gasteiger partial charge on any atom is -0.299 e. The van der Waals surface area contributed by atoms with Gasteiger partial charge < -0.3 is 0 Å². The molecule has 8 heteroatoms. The Morgan fingerprint density at radius 3 is 2.64 bits per heavy atom. The fraction of sp³-hybridized carbons (Fsp3) is 0.529. The number of nitrogens with zero attached hydrogens (tertiary/aromatic N) is 4. The number of hydrogen-bond acceptors (Lipinski definition) is 4. The molecule has 1 unspecified atom stereocenters. The fourth-order valence-electron chi connectivity index (χ4n) is 4.67. The van der Waals surface area contributed by atoms with Gasteiger partial charge in [0.2, 0.25) is 0 Å². The number of alkyl halides is 3. The van der Waals surface area contributed by atoms with Crippen LogP contribution in [0.25, 0.3) is 11.4 Å². The normalized spacial score (nSPS) is 32.2. The standard InChI is InChI=1S/C17H15F3N4O/c1-7(2)24-15(16-10-4-11(25)13(16)12(10)16)22-14(23-24)8-3-9(6-21-5-8)17(18,19)20/h3,5-7,10,12-13H,4H2,1-2H3/t10-,12-,13?,16-/m1/s1. The monoisotopic (exact) mass is 348 g/mol. The van der Waals surface area contributed by atoms with Crippen molar-refractivity contribution in [1.82, 2.24) is 19.7 Å². The molecule has 0 aliphatic heterocycles. The molecule has 5 nitrogen and oxygen atoms in total. The summed E-state index contributed by atoms with van der Waals surface area (Å²) in [6.07, 6.45) is -1.73. The molecule has 0 saturated heterocycles. The number of halogens is 3. The lowest BCUT2D eigenvalue weighted by Crippen LogP contribution is -2.16. The molecule has 0 radical (unpaired) electrons. The highest BCUT2D eigenvalue weighted by Gasteiger charge is 2.94. The third kappa shape index (κ3) is 1.74. The van der Waals surface area contributed by atoms with Crippen molar-refractivity contribution in [3.8, 4) is 11.4 Å². The maximum absolute atomic E-state index is 12.9. The minimum atomic E-state index is -4.46. The second-order valence-corrected chi connectivity index (χ2v) is 7.47. The highest BCUT2D eigenvalue weighted by atomic mass is 19.4. The summed E-state index contributed by atoms with van der Waals surface area (Å²) in [6, 6.07) is 1.03. The molecule has 2 bridgehead atoms. The van der Waals surface area contributed by atoms with E-state index in [2.05, 4.69) is 15.1 Å². The van der Waals surface area contributed by atoms with E-state index in [-0.39, 0.29) is 34.5 Å². The summed E-state index contributed by atoms with van der Waals surface area (Å²) >= 11 is 0. The SMILES string of the molecule is CC(C)n1nc(-c2cncc(C(F)(F)F)c2)nc1[C@]12C3C(=O)C[C@@H]1[C@H]32. The third-order valence-electron chi connectivity index (χ3n) is 5.85. The molecule has 2 aromatic heterocycles. The lowest BCUT2D eigenvalue weighted by atomic mass is 10.0. The Morgan fingerprint density at radius 2 is 2.08 bits per heavy atom. The molecule has 0 spiro atoms. The number of ketones is 1. The zero-order chi connectivity index (χ0) is 17.7. The van der Waals surface area contributed by atoms with E-state index in [1.807, 2.05) is 13.8 Å². The summed E-state index contributed by atoms with van der Waals surface area (Å²) in [5.74, 6) is 2.04. The van der Waals surface area contributed by atoms with Crippen LogP contribution < -0.4 is 0 Å². The van der Waals surface area contributed by atoms with Crippen LogP contribution in [0.2, 0.25) is 0 Å². The van der Waals surface area contributed by atoms with Crippen LogP contribution in [-0.2, 0) is 16.4 Å². The van der Waals surface area contributed by atoms with Crippen LogP contribution in [0.5, 0.6) is 0 Å². The first-order valence-corrected chi connectivity index (χ1v) is 8.28. The molecule has 4 aliphatic carbocycles. The molecule has 130 valence electrons. The summed E-state index contributed by atoms with van der Waals surface area (Å²) in [5, 5.41) is 4.44. The summed E-state index contributed by atoms with van der Waals surface area (Å²) in [7, 11) is 0. The Hall–Kier alpha value is -2.25. The highest BCUT2D eigenvalue weighted by Crippen LogP contribution is 2.89. The van der Waals surface area contributed by atoms with Crippen LogP contribution in [0, 0.1) is 17.8 Å². The Kier molecular flexibility index (Phi) is 2.58. The van der Waals surface area contributed by atoms with Crippen molar-refractivity contribution < 1.29 is 18.0 Å². The number of hydrogen-bond donors (Lipinski definition) is 0. The lowest BCUT2D eigenvalue weighted by Gasteiger charge is -2.12. The molecule has 2 heterocycles. The number of Topliss-reactive ketones (excluding diaryl/α,β-unsaturated/α-hetero) is 1. The number of aromatic nitrogens is 4. The van der Waals surface area contributed by atoms with Crippen LogP contribution in [0.1, 0.15) is 37.7 Å². The number of carbonyl (C=O) groups is 1. The molecule has 4 atom stereocenters. The van der Waals surface area contributed by atoms with E-state index in [1.165, 1.54) is 6.20 Å². The van der Waals surface area contributed by atoms with Crippen molar-refractivity contribution in [2.75, 3.05) is 0 Å². The van der Waals surface area contributed by atoms with E-state index in [4.69, 9.17) is 0 Å². The van der Waals surface area contributed by atoms with Gasteiger partial charge in [0.25, 0.3) is 0 Å². The van der Waals surface area contributed by atoms with Crippen molar-refractivity contribution in [2.24, 2.45) is 17.8 Å². The average molecular weight is 348 g/mol. The predicted molar refractivity (Wildman–Crippen MR) is 80.4 cm³/mol.